The first kappa shape index (κ1) is 13.6. The molecule has 1 aliphatic rings. The van der Waals surface area contributed by atoms with Gasteiger partial charge in [0.05, 0.1) is 0 Å². The zero-order chi connectivity index (χ0) is 13.4. The third-order valence-electron chi connectivity index (χ3n) is 4.92. The minimum atomic E-state index is -0.152. The third kappa shape index (κ3) is 2.21. The molecule has 1 atom stereocenters. The summed E-state index contributed by atoms with van der Waals surface area (Å²) in [6.07, 6.45) is 4.92. The molecule has 1 aliphatic carbocycles. The van der Waals surface area contributed by atoms with Crippen LogP contribution in [-0.2, 0) is 5.54 Å². The van der Waals surface area contributed by atoms with Gasteiger partial charge in [-0.1, -0.05) is 64.8 Å². The van der Waals surface area contributed by atoms with E-state index in [1.165, 1.54) is 30.4 Å². The number of nitrogens with two attached hydrogens (primary N) is 1. The van der Waals surface area contributed by atoms with Gasteiger partial charge in [0.2, 0.25) is 0 Å². The van der Waals surface area contributed by atoms with Crippen LogP contribution in [0.3, 0.4) is 0 Å². The highest BCUT2D eigenvalue weighted by atomic mass is 14.8. The van der Waals surface area contributed by atoms with E-state index in [4.69, 9.17) is 5.73 Å². The van der Waals surface area contributed by atoms with Gasteiger partial charge in [-0.25, -0.2) is 0 Å². The Balaban J connectivity index is 2.34. The SMILES string of the molecule is CC(C)c1ccc(C2(N)CCCCC2(C)C)cc1. The molecule has 1 nitrogen and oxygen atoms in total. The zero-order valence-electron chi connectivity index (χ0n) is 12.3. The van der Waals surface area contributed by atoms with E-state index < -0.39 is 0 Å². The van der Waals surface area contributed by atoms with Gasteiger partial charge in [0, 0.05) is 5.54 Å². The minimum absolute atomic E-state index is 0.152. The van der Waals surface area contributed by atoms with Crippen LogP contribution in [0.2, 0.25) is 0 Å². The maximum absolute atomic E-state index is 6.78. The predicted molar refractivity (Wildman–Crippen MR) is 78.6 cm³/mol. The van der Waals surface area contributed by atoms with Crippen LogP contribution in [0.4, 0.5) is 0 Å². The normalized spacial score (nSPS) is 27.4. The molecular formula is C17H27N. The van der Waals surface area contributed by atoms with Gasteiger partial charge in [0.1, 0.15) is 0 Å². The minimum Gasteiger partial charge on any atom is -0.321 e. The molecule has 0 saturated heterocycles. The van der Waals surface area contributed by atoms with E-state index in [1.807, 2.05) is 0 Å². The van der Waals surface area contributed by atoms with Gasteiger partial charge in [-0.3, -0.25) is 0 Å². The van der Waals surface area contributed by atoms with E-state index in [0.29, 0.717) is 5.92 Å². The van der Waals surface area contributed by atoms with Crippen molar-refractivity contribution < 1.29 is 0 Å². The molecular weight excluding hydrogens is 218 g/mol. The zero-order valence-corrected chi connectivity index (χ0v) is 12.3. The van der Waals surface area contributed by atoms with Crippen LogP contribution >= 0.6 is 0 Å². The molecule has 1 unspecified atom stereocenters. The molecule has 1 fully saturated rings. The number of benzene rings is 1. The Kier molecular flexibility index (Phi) is 3.55. The summed E-state index contributed by atoms with van der Waals surface area (Å²) in [5.41, 5.74) is 9.55. The van der Waals surface area contributed by atoms with Crippen molar-refractivity contribution in [3.05, 3.63) is 35.4 Å². The lowest BCUT2D eigenvalue weighted by atomic mass is 9.61. The van der Waals surface area contributed by atoms with E-state index in [0.717, 1.165) is 6.42 Å². The lowest BCUT2D eigenvalue weighted by molar-refractivity contribution is 0.0978. The Hall–Kier alpha value is -0.820. The van der Waals surface area contributed by atoms with Crippen LogP contribution in [0, 0.1) is 5.41 Å². The second-order valence-corrected chi connectivity index (χ2v) is 6.84. The van der Waals surface area contributed by atoms with Crippen LogP contribution in [0.1, 0.15) is 70.4 Å². The molecule has 0 spiro atoms. The summed E-state index contributed by atoms with van der Waals surface area (Å²) in [5.74, 6) is 0.590. The van der Waals surface area contributed by atoms with Crippen LogP contribution in [0.5, 0.6) is 0 Å². The monoisotopic (exact) mass is 245 g/mol. The van der Waals surface area contributed by atoms with E-state index in [2.05, 4.69) is 52.0 Å². The molecule has 18 heavy (non-hydrogen) atoms. The molecule has 1 aromatic rings. The van der Waals surface area contributed by atoms with Crippen molar-refractivity contribution in [1.82, 2.24) is 0 Å². The van der Waals surface area contributed by atoms with Gasteiger partial charge in [-0.05, 0) is 35.3 Å². The molecule has 0 heterocycles. The average molecular weight is 245 g/mol. The summed E-state index contributed by atoms with van der Waals surface area (Å²) < 4.78 is 0. The average Bonchev–Trinajstić information content (AvgIpc) is 2.33. The first-order valence-electron chi connectivity index (χ1n) is 7.26. The summed E-state index contributed by atoms with van der Waals surface area (Å²) in [6.45, 7) is 9.11. The summed E-state index contributed by atoms with van der Waals surface area (Å²) in [4.78, 5) is 0. The van der Waals surface area contributed by atoms with Crippen molar-refractivity contribution in [3.8, 4) is 0 Å². The number of hydrogen-bond acceptors (Lipinski definition) is 1. The molecule has 0 aliphatic heterocycles. The Morgan fingerprint density at radius 2 is 1.56 bits per heavy atom. The summed E-state index contributed by atoms with van der Waals surface area (Å²) in [6, 6.07) is 9.00. The molecule has 1 aromatic carbocycles. The molecule has 2 rings (SSSR count). The van der Waals surface area contributed by atoms with Crippen LogP contribution in [0.15, 0.2) is 24.3 Å². The van der Waals surface area contributed by atoms with Gasteiger partial charge in [0.25, 0.3) is 0 Å². The highest BCUT2D eigenvalue weighted by Crippen LogP contribution is 2.48. The fraction of sp³-hybridized carbons (Fsp3) is 0.647. The number of rotatable bonds is 2. The fourth-order valence-corrected chi connectivity index (χ4v) is 3.23. The highest BCUT2D eigenvalue weighted by Gasteiger charge is 2.44. The first-order chi connectivity index (χ1) is 8.37. The lowest BCUT2D eigenvalue weighted by Gasteiger charge is -2.48. The Bertz CT molecular complexity index is 402. The van der Waals surface area contributed by atoms with Crippen LogP contribution in [0.25, 0.3) is 0 Å². The summed E-state index contributed by atoms with van der Waals surface area (Å²) in [7, 11) is 0. The van der Waals surface area contributed by atoms with Gasteiger partial charge in [-0.2, -0.15) is 0 Å². The standard InChI is InChI=1S/C17H27N/c1-13(2)14-7-9-15(10-8-14)17(18)12-6-5-11-16(17,3)4/h7-10,13H,5-6,11-12,18H2,1-4H3. The van der Waals surface area contributed by atoms with E-state index in [9.17, 15) is 0 Å². The smallest absolute Gasteiger partial charge is 0.0461 e. The van der Waals surface area contributed by atoms with Gasteiger partial charge < -0.3 is 5.73 Å². The van der Waals surface area contributed by atoms with E-state index >= 15 is 0 Å². The molecule has 1 heteroatoms. The first-order valence-corrected chi connectivity index (χ1v) is 7.26. The van der Waals surface area contributed by atoms with Crippen molar-refractivity contribution in [3.63, 3.8) is 0 Å². The maximum atomic E-state index is 6.78. The Morgan fingerprint density at radius 3 is 2.06 bits per heavy atom. The van der Waals surface area contributed by atoms with Crippen LogP contribution in [-0.4, -0.2) is 0 Å². The molecule has 0 aromatic heterocycles. The molecule has 0 amide bonds. The fourth-order valence-electron chi connectivity index (χ4n) is 3.23. The van der Waals surface area contributed by atoms with Gasteiger partial charge in [-0.15, -0.1) is 0 Å². The van der Waals surface area contributed by atoms with E-state index in [-0.39, 0.29) is 11.0 Å². The molecule has 100 valence electrons. The van der Waals surface area contributed by atoms with Crippen molar-refractivity contribution in [2.45, 2.75) is 64.8 Å². The maximum Gasteiger partial charge on any atom is 0.0461 e. The largest absolute Gasteiger partial charge is 0.321 e. The lowest BCUT2D eigenvalue weighted by Crippen LogP contribution is -2.51. The second-order valence-electron chi connectivity index (χ2n) is 6.84. The van der Waals surface area contributed by atoms with Crippen molar-refractivity contribution in [2.75, 3.05) is 0 Å². The van der Waals surface area contributed by atoms with Crippen molar-refractivity contribution >= 4 is 0 Å². The van der Waals surface area contributed by atoms with Crippen molar-refractivity contribution in [1.29, 1.82) is 0 Å². The Labute approximate surface area is 112 Å². The molecule has 0 bridgehead atoms. The molecule has 2 N–H and O–H groups in total. The third-order valence-corrected chi connectivity index (χ3v) is 4.92. The quantitative estimate of drug-likeness (QED) is 0.812. The van der Waals surface area contributed by atoms with Crippen molar-refractivity contribution in [2.24, 2.45) is 11.1 Å². The van der Waals surface area contributed by atoms with Crippen LogP contribution < -0.4 is 5.73 Å². The van der Waals surface area contributed by atoms with E-state index in [1.54, 1.807) is 0 Å². The molecule has 1 saturated carbocycles. The predicted octanol–water partition coefficient (Wildman–Crippen LogP) is 4.56. The summed E-state index contributed by atoms with van der Waals surface area (Å²) in [5, 5.41) is 0. The number of hydrogen-bond donors (Lipinski definition) is 1. The van der Waals surface area contributed by atoms with Gasteiger partial charge >= 0.3 is 0 Å². The Morgan fingerprint density at radius 1 is 1.00 bits per heavy atom. The summed E-state index contributed by atoms with van der Waals surface area (Å²) >= 11 is 0. The second kappa shape index (κ2) is 4.70. The van der Waals surface area contributed by atoms with Gasteiger partial charge in [0.15, 0.2) is 0 Å². The highest BCUT2D eigenvalue weighted by molar-refractivity contribution is 5.32. The molecule has 0 radical (unpaired) electrons. The topological polar surface area (TPSA) is 26.0 Å².